The lowest BCUT2D eigenvalue weighted by molar-refractivity contribution is -0.144. The van der Waals surface area contributed by atoms with Crippen molar-refractivity contribution in [2.45, 2.75) is 32.0 Å². The van der Waals surface area contributed by atoms with E-state index in [1.54, 1.807) is 32.1 Å². The molecule has 1 unspecified atom stereocenters. The van der Waals surface area contributed by atoms with E-state index in [2.05, 4.69) is 6.58 Å². The molecule has 1 atom stereocenters. The Labute approximate surface area is 89.7 Å². The van der Waals surface area contributed by atoms with Crippen LogP contribution in [0.4, 0.5) is 0 Å². The molecule has 3 heteroatoms. The lowest BCUT2D eigenvalue weighted by Gasteiger charge is -2.26. The Morgan fingerprint density at radius 3 is 2.67 bits per heavy atom. The van der Waals surface area contributed by atoms with Gasteiger partial charge < -0.3 is 9.84 Å². The molecule has 0 radical (unpaired) electrons. The SMILES string of the molecule is C=C(C(=O)OC(C)C)C1(O)C=CC=CC1. The highest BCUT2D eigenvalue weighted by Gasteiger charge is 2.32. The summed E-state index contributed by atoms with van der Waals surface area (Å²) < 4.78 is 4.97. The zero-order valence-electron chi connectivity index (χ0n) is 9.06. The molecular weight excluding hydrogens is 192 g/mol. The fourth-order valence-corrected chi connectivity index (χ4v) is 1.29. The molecule has 0 aliphatic heterocycles. The topological polar surface area (TPSA) is 46.5 Å². The van der Waals surface area contributed by atoms with Gasteiger partial charge in [0.05, 0.1) is 11.7 Å². The van der Waals surface area contributed by atoms with Crippen molar-refractivity contribution >= 4 is 5.97 Å². The van der Waals surface area contributed by atoms with Crippen LogP contribution in [-0.2, 0) is 9.53 Å². The molecule has 3 nitrogen and oxygen atoms in total. The summed E-state index contributed by atoms with van der Waals surface area (Å²) in [6, 6.07) is 0. The van der Waals surface area contributed by atoms with Gasteiger partial charge in [-0.25, -0.2) is 4.79 Å². The first kappa shape index (κ1) is 11.7. The highest BCUT2D eigenvalue weighted by Crippen LogP contribution is 2.26. The third kappa shape index (κ3) is 2.80. The monoisotopic (exact) mass is 208 g/mol. The van der Waals surface area contributed by atoms with Crippen molar-refractivity contribution in [3.63, 3.8) is 0 Å². The van der Waals surface area contributed by atoms with E-state index >= 15 is 0 Å². The van der Waals surface area contributed by atoms with Gasteiger partial charge in [0.2, 0.25) is 0 Å². The summed E-state index contributed by atoms with van der Waals surface area (Å²) in [5, 5.41) is 10.1. The van der Waals surface area contributed by atoms with Crippen LogP contribution in [0, 0.1) is 0 Å². The van der Waals surface area contributed by atoms with Crippen LogP contribution in [-0.4, -0.2) is 22.8 Å². The molecule has 1 aliphatic carbocycles. The van der Waals surface area contributed by atoms with Crippen molar-refractivity contribution in [3.8, 4) is 0 Å². The zero-order chi connectivity index (χ0) is 11.5. The quantitative estimate of drug-likeness (QED) is 0.567. The Kier molecular flexibility index (Phi) is 3.48. The van der Waals surface area contributed by atoms with Gasteiger partial charge in [-0.2, -0.15) is 0 Å². The maximum atomic E-state index is 11.5. The van der Waals surface area contributed by atoms with Crippen molar-refractivity contribution < 1.29 is 14.6 Å². The summed E-state index contributed by atoms with van der Waals surface area (Å²) in [4.78, 5) is 11.5. The molecule has 1 aliphatic rings. The van der Waals surface area contributed by atoms with E-state index in [1.165, 1.54) is 0 Å². The van der Waals surface area contributed by atoms with Gasteiger partial charge in [-0.1, -0.05) is 24.8 Å². The Bertz CT molecular complexity index is 326. The molecule has 1 rings (SSSR count). The zero-order valence-corrected chi connectivity index (χ0v) is 9.06. The summed E-state index contributed by atoms with van der Waals surface area (Å²) in [5.74, 6) is -0.549. The summed E-state index contributed by atoms with van der Waals surface area (Å²) in [6.07, 6.45) is 6.99. The lowest BCUT2D eigenvalue weighted by atomic mass is 9.88. The van der Waals surface area contributed by atoms with Gasteiger partial charge in [-0.3, -0.25) is 0 Å². The third-order valence-corrected chi connectivity index (χ3v) is 2.16. The molecule has 1 N–H and O–H groups in total. The van der Waals surface area contributed by atoms with Gasteiger partial charge in [-0.05, 0) is 19.9 Å². The fraction of sp³-hybridized carbons (Fsp3) is 0.417. The molecule has 0 aromatic carbocycles. The molecule has 0 bridgehead atoms. The Balaban J connectivity index is 2.72. The Morgan fingerprint density at radius 1 is 1.53 bits per heavy atom. The first-order valence-corrected chi connectivity index (χ1v) is 4.93. The molecule has 82 valence electrons. The number of carbonyl (C=O) groups excluding carboxylic acids is 1. The number of ether oxygens (including phenoxy) is 1. The van der Waals surface area contributed by atoms with Crippen molar-refractivity contribution in [2.24, 2.45) is 0 Å². The van der Waals surface area contributed by atoms with Crippen LogP contribution in [0.2, 0.25) is 0 Å². The molecular formula is C12H16O3. The number of allylic oxidation sites excluding steroid dienone is 2. The highest BCUT2D eigenvalue weighted by molar-refractivity contribution is 5.90. The van der Waals surface area contributed by atoms with Crippen LogP contribution < -0.4 is 0 Å². The predicted molar refractivity (Wildman–Crippen MR) is 58.2 cm³/mol. The molecule has 0 amide bonds. The van der Waals surface area contributed by atoms with Gasteiger partial charge in [0.1, 0.15) is 5.60 Å². The van der Waals surface area contributed by atoms with E-state index < -0.39 is 11.6 Å². The molecule has 0 saturated heterocycles. The number of rotatable bonds is 3. The summed E-state index contributed by atoms with van der Waals surface area (Å²) in [6.45, 7) is 7.11. The van der Waals surface area contributed by atoms with E-state index in [1.807, 2.05) is 6.08 Å². The van der Waals surface area contributed by atoms with E-state index in [-0.39, 0.29) is 11.7 Å². The van der Waals surface area contributed by atoms with Crippen molar-refractivity contribution in [1.82, 2.24) is 0 Å². The first-order valence-electron chi connectivity index (χ1n) is 4.93. The molecule has 0 aromatic heterocycles. The van der Waals surface area contributed by atoms with E-state index in [4.69, 9.17) is 4.74 Å². The summed E-state index contributed by atoms with van der Waals surface area (Å²) in [7, 11) is 0. The van der Waals surface area contributed by atoms with Crippen LogP contribution >= 0.6 is 0 Å². The molecule has 0 fully saturated rings. The first-order chi connectivity index (χ1) is 6.96. The smallest absolute Gasteiger partial charge is 0.336 e. The molecule has 15 heavy (non-hydrogen) atoms. The molecule has 0 aromatic rings. The maximum absolute atomic E-state index is 11.5. The van der Waals surface area contributed by atoms with Crippen molar-refractivity contribution in [1.29, 1.82) is 0 Å². The highest BCUT2D eigenvalue weighted by atomic mass is 16.5. The standard InChI is InChI=1S/C12H16O3/c1-9(2)15-11(13)10(3)12(14)7-5-4-6-8-12/h4-7,9,14H,3,8H2,1-2H3. The number of aliphatic hydroxyl groups is 1. The van der Waals surface area contributed by atoms with E-state index in [9.17, 15) is 9.90 Å². The summed E-state index contributed by atoms with van der Waals surface area (Å²) >= 11 is 0. The number of esters is 1. The minimum absolute atomic E-state index is 0.0804. The Hall–Kier alpha value is -1.35. The number of hydrogen-bond donors (Lipinski definition) is 1. The second-order valence-corrected chi connectivity index (χ2v) is 3.85. The number of carbonyl (C=O) groups is 1. The minimum Gasteiger partial charge on any atom is -0.460 e. The fourth-order valence-electron chi connectivity index (χ4n) is 1.29. The van der Waals surface area contributed by atoms with E-state index in [0.717, 1.165) is 0 Å². The van der Waals surface area contributed by atoms with Gasteiger partial charge in [-0.15, -0.1) is 0 Å². The number of hydrogen-bond acceptors (Lipinski definition) is 3. The lowest BCUT2D eigenvalue weighted by Crippen LogP contribution is -2.34. The van der Waals surface area contributed by atoms with Crippen molar-refractivity contribution in [3.05, 3.63) is 36.5 Å². The van der Waals surface area contributed by atoms with Crippen LogP contribution in [0.15, 0.2) is 36.5 Å². The van der Waals surface area contributed by atoms with Gasteiger partial charge in [0, 0.05) is 6.42 Å². The minimum atomic E-state index is -1.29. The average Bonchev–Trinajstić information content (AvgIpc) is 2.16. The van der Waals surface area contributed by atoms with E-state index in [0.29, 0.717) is 6.42 Å². The summed E-state index contributed by atoms with van der Waals surface area (Å²) in [5.41, 5.74) is -1.21. The van der Waals surface area contributed by atoms with Gasteiger partial charge in [0.15, 0.2) is 0 Å². The van der Waals surface area contributed by atoms with Gasteiger partial charge in [0.25, 0.3) is 0 Å². The molecule has 0 spiro atoms. The second kappa shape index (κ2) is 4.45. The predicted octanol–water partition coefficient (Wildman–Crippen LogP) is 1.74. The average molecular weight is 208 g/mol. The van der Waals surface area contributed by atoms with Crippen molar-refractivity contribution in [2.75, 3.05) is 0 Å². The second-order valence-electron chi connectivity index (χ2n) is 3.85. The largest absolute Gasteiger partial charge is 0.460 e. The van der Waals surface area contributed by atoms with Crippen LogP contribution in [0.3, 0.4) is 0 Å². The van der Waals surface area contributed by atoms with Crippen LogP contribution in [0.1, 0.15) is 20.3 Å². The van der Waals surface area contributed by atoms with Crippen LogP contribution in [0.5, 0.6) is 0 Å². The molecule has 0 heterocycles. The normalized spacial score (nSPS) is 24.3. The van der Waals surface area contributed by atoms with Crippen LogP contribution in [0.25, 0.3) is 0 Å². The maximum Gasteiger partial charge on any atom is 0.336 e. The Morgan fingerprint density at radius 2 is 2.20 bits per heavy atom. The third-order valence-electron chi connectivity index (χ3n) is 2.16. The van der Waals surface area contributed by atoms with Gasteiger partial charge >= 0.3 is 5.97 Å². The molecule has 0 saturated carbocycles.